The molecule has 17 heavy (non-hydrogen) atoms. The number of hydrogen-bond donors (Lipinski definition) is 1. The van der Waals surface area contributed by atoms with Gasteiger partial charge in [-0.1, -0.05) is 12.8 Å². The number of ether oxygens (including phenoxy) is 1. The molecule has 0 spiro atoms. The number of rotatable bonds is 3. The lowest BCUT2D eigenvalue weighted by atomic mass is 9.95. The van der Waals surface area contributed by atoms with Crippen molar-refractivity contribution in [3.05, 3.63) is 22.7 Å². The van der Waals surface area contributed by atoms with Gasteiger partial charge in [-0.15, -0.1) is 0 Å². The molecule has 0 radical (unpaired) electrons. The highest BCUT2D eigenvalue weighted by molar-refractivity contribution is 9.10. The highest BCUT2D eigenvalue weighted by atomic mass is 79.9. The predicted octanol–water partition coefficient (Wildman–Crippen LogP) is 4.06. The van der Waals surface area contributed by atoms with Crippen LogP contribution in [0.2, 0.25) is 0 Å². The molecule has 2 aliphatic carbocycles. The first-order valence-corrected chi connectivity index (χ1v) is 7.17. The Hall–Kier alpha value is -0.700. The van der Waals surface area contributed by atoms with Crippen molar-refractivity contribution in [3.63, 3.8) is 0 Å². The number of methoxy groups -OCH3 is 1. The maximum Gasteiger partial charge on any atom is 0.135 e. The van der Waals surface area contributed by atoms with E-state index in [0.717, 1.165) is 22.1 Å². The second-order valence-corrected chi connectivity index (χ2v) is 6.05. The highest BCUT2D eigenvalue weighted by Crippen LogP contribution is 2.50. The largest absolute Gasteiger partial charge is 0.495 e. The van der Waals surface area contributed by atoms with E-state index in [1.165, 1.54) is 31.4 Å². The number of anilines is 1. The molecule has 0 heterocycles. The first-order chi connectivity index (χ1) is 8.28. The quantitative estimate of drug-likeness (QED) is 0.908. The third-order valence-electron chi connectivity index (χ3n) is 4.09. The minimum absolute atomic E-state index is 0.680. The molecular formula is C14H18BrNO. The van der Waals surface area contributed by atoms with E-state index >= 15 is 0 Å². The molecule has 0 bridgehead atoms. The molecule has 3 rings (SSSR count). The fraction of sp³-hybridized carbons (Fsp3) is 0.571. The Morgan fingerprint density at radius 3 is 3.06 bits per heavy atom. The van der Waals surface area contributed by atoms with Crippen LogP contribution in [-0.2, 0) is 0 Å². The lowest BCUT2D eigenvalue weighted by Crippen LogP contribution is -2.25. The molecule has 1 N–H and O–H groups in total. The molecule has 1 aromatic rings. The van der Waals surface area contributed by atoms with Crippen LogP contribution in [0.1, 0.15) is 25.7 Å². The van der Waals surface area contributed by atoms with Crippen LogP contribution in [-0.4, -0.2) is 13.2 Å². The summed E-state index contributed by atoms with van der Waals surface area (Å²) in [4.78, 5) is 0. The van der Waals surface area contributed by atoms with Crippen molar-refractivity contribution >= 4 is 21.6 Å². The second-order valence-electron chi connectivity index (χ2n) is 5.19. The van der Waals surface area contributed by atoms with Crippen LogP contribution in [0, 0.1) is 11.8 Å². The lowest BCUT2D eigenvalue weighted by molar-refractivity contribution is 0.411. The Morgan fingerprint density at radius 1 is 1.35 bits per heavy atom. The molecule has 2 fully saturated rings. The van der Waals surface area contributed by atoms with Gasteiger partial charge in [-0.05, 0) is 52.7 Å². The summed E-state index contributed by atoms with van der Waals surface area (Å²) in [5.74, 6) is 2.84. The Bertz CT molecular complexity index is 421. The van der Waals surface area contributed by atoms with Crippen LogP contribution in [0.4, 0.5) is 5.69 Å². The van der Waals surface area contributed by atoms with E-state index in [4.69, 9.17) is 4.74 Å². The molecule has 2 aliphatic rings. The zero-order valence-corrected chi connectivity index (χ0v) is 11.7. The lowest BCUT2D eigenvalue weighted by Gasteiger charge is -2.24. The number of benzene rings is 1. The van der Waals surface area contributed by atoms with Gasteiger partial charge in [0.05, 0.1) is 11.6 Å². The van der Waals surface area contributed by atoms with Crippen LogP contribution in [0.15, 0.2) is 22.7 Å². The average molecular weight is 296 g/mol. The van der Waals surface area contributed by atoms with E-state index < -0.39 is 0 Å². The average Bonchev–Trinajstić information content (AvgIpc) is 3.12. The van der Waals surface area contributed by atoms with E-state index in [2.05, 4.69) is 33.4 Å². The second kappa shape index (κ2) is 4.52. The Labute approximate surface area is 111 Å². The maximum absolute atomic E-state index is 5.33. The monoisotopic (exact) mass is 295 g/mol. The van der Waals surface area contributed by atoms with Crippen LogP contribution in [0.3, 0.4) is 0 Å². The summed E-state index contributed by atoms with van der Waals surface area (Å²) in [6.45, 7) is 0. The van der Waals surface area contributed by atoms with Gasteiger partial charge in [-0.25, -0.2) is 0 Å². The minimum Gasteiger partial charge on any atom is -0.495 e. The number of fused-ring (bicyclic) bond motifs is 1. The summed E-state index contributed by atoms with van der Waals surface area (Å²) in [5, 5.41) is 3.67. The van der Waals surface area contributed by atoms with Gasteiger partial charge in [0.25, 0.3) is 0 Å². The smallest absolute Gasteiger partial charge is 0.135 e. The Kier molecular flexibility index (Phi) is 3.03. The minimum atomic E-state index is 0.680. The van der Waals surface area contributed by atoms with Crippen molar-refractivity contribution in [2.45, 2.75) is 31.7 Å². The third kappa shape index (κ3) is 2.30. The summed E-state index contributed by atoms with van der Waals surface area (Å²) in [6.07, 6.45) is 5.59. The molecular weight excluding hydrogens is 278 g/mol. The topological polar surface area (TPSA) is 21.3 Å². The van der Waals surface area contributed by atoms with Gasteiger partial charge >= 0.3 is 0 Å². The summed E-state index contributed by atoms with van der Waals surface area (Å²) >= 11 is 3.48. The van der Waals surface area contributed by atoms with Crippen molar-refractivity contribution in [3.8, 4) is 5.75 Å². The van der Waals surface area contributed by atoms with E-state index in [0.29, 0.717) is 6.04 Å². The number of halogens is 1. The molecule has 2 saturated carbocycles. The molecule has 0 aromatic heterocycles. The van der Waals surface area contributed by atoms with Gasteiger partial charge in [0.15, 0.2) is 0 Å². The molecule has 3 heteroatoms. The van der Waals surface area contributed by atoms with Crippen molar-refractivity contribution < 1.29 is 4.74 Å². The van der Waals surface area contributed by atoms with Crippen molar-refractivity contribution in [1.29, 1.82) is 0 Å². The maximum atomic E-state index is 5.33. The van der Waals surface area contributed by atoms with Gasteiger partial charge in [-0.3, -0.25) is 0 Å². The van der Waals surface area contributed by atoms with E-state index in [-0.39, 0.29) is 0 Å². The standard InChI is InChI=1S/C14H18BrNO/c1-17-14-8-10(5-6-12(14)15)16-13-4-2-3-9-7-11(9)13/h5-6,8-9,11,13,16H,2-4,7H2,1H3/t9-,11+,13?/m0/s1. The fourth-order valence-corrected chi connectivity index (χ4v) is 3.46. The molecule has 0 saturated heterocycles. The molecule has 3 atom stereocenters. The molecule has 2 nitrogen and oxygen atoms in total. The van der Waals surface area contributed by atoms with E-state index in [1.807, 2.05) is 6.07 Å². The van der Waals surface area contributed by atoms with Gasteiger partial charge in [-0.2, -0.15) is 0 Å². The van der Waals surface area contributed by atoms with Crippen molar-refractivity contribution in [2.75, 3.05) is 12.4 Å². The predicted molar refractivity (Wildman–Crippen MR) is 73.6 cm³/mol. The number of hydrogen-bond acceptors (Lipinski definition) is 2. The number of nitrogens with one attached hydrogen (secondary N) is 1. The van der Waals surface area contributed by atoms with Gasteiger partial charge in [0.2, 0.25) is 0 Å². The summed E-state index contributed by atoms with van der Waals surface area (Å²) < 4.78 is 6.34. The third-order valence-corrected chi connectivity index (χ3v) is 4.74. The van der Waals surface area contributed by atoms with Crippen LogP contribution >= 0.6 is 15.9 Å². The Morgan fingerprint density at radius 2 is 2.24 bits per heavy atom. The van der Waals surface area contributed by atoms with Gasteiger partial charge in [0, 0.05) is 17.8 Å². The Balaban J connectivity index is 1.72. The molecule has 0 aliphatic heterocycles. The normalized spacial score (nSPS) is 30.6. The first-order valence-electron chi connectivity index (χ1n) is 6.38. The van der Waals surface area contributed by atoms with Crippen molar-refractivity contribution in [1.82, 2.24) is 0 Å². The highest BCUT2D eigenvalue weighted by Gasteiger charge is 2.45. The van der Waals surface area contributed by atoms with Crippen LogP contribution < -0.4 is 10.1 Å². The molecule has 1 unspecified atom stereocenters. The van der Waals surface area contributed by atoms with E-state index in [1.54, 1.807) is 7.11 Å². The zero-order valence-electron chi connectivity index (χ0n) is 10.1. The SMILES string of the molecule is COc1cc(NC2CCC[C@H]3C[C@@H]23)ccc1Br. The summed E-state index contributed by atoms with van der Waals surface area (Å²) in [5.41, 5.74) is 1.18. The fourth-order valence-electron chi connectivity index (χ4n) is 3.05. The first kappa shape index (κ1) is 11.4. The van der Waals surface area contributed by atoms with Gasteiger partial charge < -0.3 is 10.1 Å². The summed E-state index contributed by atoms with van der Waals surface area (Å²) in [7, 11) is 1.71. The van der Waals surface area contributed by atoms with Crippen molar-refractivity contribution in [2.24, 2.45) is 11.8 Å². The van der Waals surface area contributed by atoms with Crippen LogP contribution in [0.25, 0.3) is 0 Å². The zero-order chi connectivity index (χ0) is 11.8. The van der Waals surface area contributed by atoms with Gasteiger partial charge in [0.1, 0.15) is 5.75 Å². The van der Waals surface area contributed by atoms with E-state index in [9.17, 15) is 0 Å². The van der Waals surface area contributed by atoms with Crippen LogP contribution in [0.5, 0.6) is 5.75 Å². The summed E-state index contributed by atoms with van der Waals surface area (Å²) in [6, 6.07) is 6.93. The molecule has 92 valence electrons. The molecule has 1 aromatic carbocycles. The molecule has 0 amide bonds.